The number of rotatable bonds is 12. The molecule has 106 valence electrons. The van der Waals surface area contributed by atoms with Crippen molar-refractivity contribution < 1.29 is 9.59 Å². The third kappa shape index (κ3) is 12.4. The van der Waals surface area contributed by atoms with E-state index in [0.717, 1.165) is 38.0 Å². The zero-order valence-corrected chi connectivity index (χ0v) is 12.7. The van der Waals surface area contributed by atoms with Crippen LogP contribution >= 0.6 is 23.2 Å². The van der Waals surface area contributed by atoms with E-state index in [1.165, 1.54) is 19.3 Å². The van der Waals surface area contributed by atoms with E-state index < -0.39 is 0 Å². The smallest absolute Gasteiger partial charge is 0.221 e. The van der Waals surface area contributed by atoms with Gasteiger partial charge in [0.2, 0.25) is 10.5 Å². The van der Waals surface area contributed by atoms with Gasteiger partial charge in [-0.05, 0) is 42.0 Å². The van der Waals surface area contributed by atoms with E-state index >= 15 is 0 Å². The lowest BCUT2D eigenvalue weighted by Gasteiger charge is -2.14. The first-order valence-corrected chi connectivity index (χ1v) is 7.68. The summed E-state index contributed by atoms with van der Waals surface area (Å²) in [6.07, 6.45) is 9.69. The molecule has 0 amide bonds. The Morgan fingerprint density at radius 3 is 1.72 bits per heavy atom. The summed E-state index contributed by atoms with van der Waals surface area (Å²) in [5, 5.41) is -0.457. The van der Waals surface area contributed by atoms with Gasteiger partial charge < -0.3 is 0 Å². The second kappa shape index (κ2) is 12.0. The van der Waals surface area contributed by atoms with E-state index in [2.05, 4.69) is 6.92 Å². The first kappa shape index (κ1) is 17.9. The summed E-state index contributed by atoms with van der Waals surface area (Å²) in [7, 11) is 0. The highest BCUT2D eigenvalue weighted by Crippen LogP contribution is 2.21. The maximum absolute atomic E-state index is 10.6. The van der Waals surface area contributed by atoms with Crippen molar-refractivity contribution >= 4 is 33.7 Å². The molecule has 0 spiro atoms. The number of halogens is 2. The molecule has 4 heteroatoms. The highest BCUT2D eigenvalue weighted by Gasteiger charge is 2.07. The molecule has 0 aliphatic rings. The van der Waals surface area contributed by atoms with Gasteiger partial charge >= 0.3 is 0 Å². The molecule has 0 N–H and O–H groups in total. The predicted octanol–water partition coefficient (Wildman–Crippen LogP) is 5.05. The molecule has 0 aromatic carbocycles. The van der Waals surface area contributed by atoms with E-state index in [1.54, 1.807) is 0 Å². The minimum atomic E-state index is -0.229. The molecule has 18 heavy (non-hydrogen) atoms. The highest BCUT2D eigenvalue weighted by atomic mass is 35.5. The lowest BCUT2D eigenvalue weighted by Crippen LogP contribution is -2.00. The van der Waals surface area contributed by atoms with Crippen LogP contribution in [0.2, 0.25) is 0 Å². The fourth-order valence-corrected chi connectivity index (χ4v) is 2.39. The monoisotopic (exact) mass is 294 g/mol. The molecule has 0 bridgehead atoms. The third-order valence-corrected chi connectivity index (χ3v) is 3.68. The number of carbonyl (C=O) groups is 2. The van der Waals surface area contributed by atoms with Gasteiger partial charge in [0, 0.05) is 12.8 Å². The van der Waals surface area contributed by atoms with Crippen molar-refractivity contribution in [3.05, 3.63) is 0 Å². The molecule has 0 aliphatic carbocycles. The molecule has 0 aromatic rings. The molecule has 2 nitrogen and oxygen atoms in total. The fraction of sp³-hybridized carbons (Fsp3) is 0.857. The van der Waals surface area contributed by atoms with Gasteiger partial charge in [-0.25, -0.2) is 0 Å². The van der Waals surface area contributed by atoms with Crippen LogP contribution in [-0.2, 0) is 9.59 Å². The molecule has 0 heterocycles. The van der Waals surface area contributed by atoms with Gasteiger partial charge in [-0.3, -0.25) is 9.59 Å². The zero-order valence-electron chi connectivity index (χ0n) is 11.2. The average Bonchev–Trinajstić information content (AvgIpc) is 2.30. The molecule has 1 atom stereocenters. The summed E-state index contributed by atoms with van der Waals surface area (Å²) in [6, 6.07) is 0. The Morgan fingerprint density at radius 1 is 0.833 bits per heavy atom. The summed E-state index contributed by atoms with van der Waals surface area (Å²) in [6.45, 7) is 2.21. The first-order valence-electron chi connectivity index (χ1n) is 6.93. The third-order valence-electron chi connectivity index (χ3n) is 3.30. The average molecular weight is 295 g/mol. The van der Waals surface area contributed by atoms with Gasteiger partial charge in [-0.15, -0.1) is 0 Å². The fourth-order valence-electron chi connectivity index (χ4n) is 2.12. The van der Waals surface area contributed by atoms with Crippen molar-refractivity contribution in [1.82, 2.24) is 0 Å². The predicted molar refractivity (Wildman–Crippen MR) is 77.1 cm³/mol. The maximum Gasteiger partial charge on any atom is 0.221 e. The normalized spacial score (nSPS) is 12.4. The SMILES string of the molecule is CCC(CCCCCC(=O)Cl)CCCCC(=O)Cl. The summed E-state index contributed by atoms with van der Waals surface area (Å²) in [5.41, 5.74) is 0. The maximum atomic E-state index is 10.6. The van der Waals surface area contributed by atoms with E-state index in [4.69, 9.17) is 23.2 Å². The largest absolute Gasteiger partial charge is 0.281 e. The molecule has 0 saturated heterocycles. The second-order valence-electron chi connectivity index (χ2n) is 4.83. The summed E-state index contributed by atoms with van der Waals surface area (Å²) < 4.78 is 0. The first-order chi connectivity index (χ1) is 8.56. The summed E-state index contributed by atoms with van der Waals surface area (Å²) in [4.78, 5) is 21.1. The Labute approximate surface area is 120 Å². The van der Waals surface area contributed by atoms with E-state index in [-0.39, 0.29) is 10.5 Å². The Kier molecular flexibility index (Phi) is 11.9. The van der Waals surface area contributed by atoms with Crippen LogP contribution in [-0.4, -0.2) is 10.5 Å². The van der Waals surface area contributed by atoms with Gasteiger partial charge in [0.15, 0.2) is 0 Å². The number of unbranched alkanes of at least 4 members (excludes halogenated alkanes) is 3. The van der Waals surface area contributed by atoms with Crippen molar-refractivity contribution in [2.24, 2.45) is 5.92 Å². The summed E-state index contributed by atoms with van der Waals surface area (Å²) >= 11 is 10.6. The van der Waals surface area contributed by atoms with E-state index in [0.29, 0.717) is 12.8 Å². The van der Waals surface area contributed by atoms with Crippen molar-refractivity contribution in [2.45, 2.75) is 71.1 Å². The summed E-state index contributed by atoms with van der Waals surface area (Å²) in [5.74, 6) is 0.738. The number of hydrogen-bond acceptors (Lipinski definition) is 2. The highest BCUT2D eigenvalue weighted by molar-refractivity contribution is 6.63. The standard InChI is InChI=1S/C14H24Cl2O2/c1-2-12(9-6-7-11-14(16)18)8-4-3-5-10-13(15)17/h12H,2-11H2,1H3. The van der Waals surface area contributed by atoms with Crippen LogP contribution < -0.4 is 0 Å². The minimum Gasteiger partial charge on any atom is -0.281 e. The van der Waals surface area contributed by atoms with Gasteiger partial charge in [0.25, 0.3) is 0 Å². The van der Waals surface area contributed by atoms with Crippen LogP contribution in [0.4, 0.5) is 0 Å². The molecular weight excluding hydrogens is 271 g/mol. The second-order valence-corrected chi connectivity index (χ2v) is 5.67. The van der Waals surface area contributed by atoms with Crippen LogP contribution in [0.5, 0.6) is 0 Å². The van der Waals surface area contributed by atoms with Crippen LogP contribution in [0.3, 0.4) is 0 Å². The quantitative estimate of drug-likeness (QED) is 0.373. The Balaban J connectivity index is 3.46. The topological polar surface area (TPSA) is 34.1 Å². The Hall–Kier alpha value is -0.0800. The zero-order chi connectivity index (χ0) is 13.8. The van der Waals surface area contributed by atoms with Crippen molar-refractivity contribution in [3.63, 3.8) is 0 Å². The van der Waals surface area contributed by atoms with Gasteiger partial charge in [0.05, 0.1) is 0 Å². The minimum absolute atomic E-state index is 0.228. The van der Waals surface area contributed by atoms with Crippen LogP contribution in [0.15, 0.2) is 0 Å². The van der Waals surface area contributed by atoms with E-state index in [1.807, 2.05) is 0 Å². The van der Waals surface area contributed by atoms with Crippen molar-refractivity contribution in [2.75, 3.05) is 0 Å². The van der Waals surface area contributed by atoms with Gasteiger partial charge in [-0.2, -0.15) is 0 Å². The molecule has 1 unspecified atom stereocenters. The number of carbonyl (C=O) groups excluding carboxylic acids is 2. The Morgan fingerprint density at radius 2 is 1.28 bits per heavy atom. The molecule has 0 aromatic heterocycles. The van der Waals surface area contributed by atoms with E-state index in [9.17, 15) is 9.59 Å². The van der Waals surface area contributed by atoms with Crippen LogP contribution in [0.1, 0.15) is 71.1 Å². The van der Waals surface area contributed by atoms with Crippen LogP contribution in [0, 0.1) is 5.92 Å². The molecule has 0 radical (unpaired) electrons. The lowest BCUT2D eigenvalue weighted by atomic mass is 9.93. The van der Waals surface area contributed by atoms with Crippen molar-refractivity contribution in [3.8, 4) is 0 Å². The molecule has 0 rings (SSSR count). The van der Waals surface area contributed by atoms with Gasteiger partial charge in [0.1, 0.15) is 0 Å². The van der Waals surface area contributed by atoms with Crippen LogP contribution in [0.25, 0.3) is 0 Å². The molecule has 0 saturated carbocycles. The van der Waals surface area contributed by atoms with Crippen molar-refractivity contribution in [1.29, 1.82) is 0 Å². The molecular formula is C14H24Cl2O2. The molecule has 0 aliphatic heterocycles. The lowest BCUT2D eigenvalue weighted by molar-refractivity contribution is -0.112. The molecule has 0 fully saturated rings. The Bertz CT molecular complexity index is 242. The van der Waals surface area contributed by atoms with Gasteiger partial charge in [-0.1, -0.05) is 45.4 Å². The number of hydrogen-bond donors (Lipinski definition) is 0.